The number of aliphatic carboxylic acids is 1. The highest BCUT2D eigenvalue weighted by Gasteiger charge is 2.22. The largest absolute Gasteiger partial charge is 0.481 e. The number of carboxylic acids is 1. The molecule has 0 aliphatic rings. The normalized spacial score (nSPS) is 12.3. The molecule has 0 aliphatic heterocycles. The summed E-state index contributed by atoms with van der Waals surface area (Å²) >= 11 is 0. The zero-order valence-electron chi connectivity index (χ0n) is 13.2. The van der Waals surface area contributed by atoms with Crippen LogP contribution in [-0.2, 0) is 11.3 Å². The summed E-state index contributed by atoms with van der Waals surface area (Å²) in [6.07, 6.45) is 0.925. The van der Waals surface area contributed by atoms with Crippen LogP contribution in [0.25, 0.3) is 10.9 Å². The summed E-state index contributed by atoms with van der Waals surface area (Å²) in [6, 6.07) is 9.77. The lowest BCUT2D eigenvalue weighted by molar-refractivity contribution is -0.141. The van der Waals surface area contributed by atoms with Gasteiger partial charge in [0.25, 0.3) is 5.91 Å². The molecule has 1 aromatic carbocycles. The zero-order chi connectivity index (χ0) is 16.3. The Hall–Kier alpha value is -2.30. The number of carboxylic acid groups (broad SMARTS) is 1. The summed E-state index contributed by atoms with van der Waals surface area (Å²) in [5, 5.41) is 10.0. The van der Waals surface area contributed by atoms with Crippen molar-refractivity contribution in [3.63, 3.8) is 0 Å². The molecular weight excluding hydrogens is 280 g/mol. The number of aromatic nitrogens is 1. The summed E-state index contributed by atoms with van der Waals surface area (Å²) in [6.45, 7) is 4.63. The number of hydrogen-bond acceptors (Lipinski definition) is 2. The second kappa shape index (κ2) is 6.64. The van der Waals surface area contributed by atoms with Gasteiger partial charge >= 0.3 is 5.97 Å². The lowest BCUT2D eigenvalue weighted by Gasteiger charge is -2.20. The first-order chi connectivity index (χ1) is 10.5. The lowest BCUT2D eigenvalue weighted by atomic mass is 10.1. The molecule has 1 aromatic heterocycles. The number of fused-ring (bicyclic) bond motifs is 1. The number of rotatable bonds is 6. The van der Waals surface area contributed by atoms with E-state index < -0.39 is 11.9 Å². The number of hydrogen-bond donors (Lipinski definition) is 1. The molecule has 5 heteroatoms. The molecule has 0 saturated carbocycles. The third-order valence-corrected chi connectivity index (χ3v) is 3.79. The van der Waals surface area contributed by atoms with Gasteiger partial charge in [0.2, 0.25) is 0 Å². The topological polar surface area (TPSA) is 62.5 Å². The maximum Gasteiger partial charge on any atom is 0.308 e. The first-order valence-electron chi connectivity index (χ1n) is 7.52. The third-order valence-electron chi connectivity index (χ3n) is 3.79. The fraction of sp³-hybridized carbons (Fsp3) is 0.412. The smallest absolute Gasteiger partial charge is 0.308 e. The van der Waals surface area contributed by atoms with Crippen LogP contribution in [0.2, 0.25) is 0 Å². The fourth-order valence-electron chi connectivity index (χ4n) is 2.62. The van der Waals surface area contributed by atoms with E-state index in [4.69, 9.17) is 5.11 Å². The summed E-state index contributed by atoms with van der Waals surface area (Å²) < 4.78 is 2.01. The van der Waals surface area contributed by atoms with Crippen molar-refractivity contribution in [2.45, 2.75) is 26.8 Å². The molecule has 1 unspecified atom stereocenters. The van der Waals surface area contributed by atoms with Crippen LogP contribution in [0.15, 0.2) is 30.3 Å². The van der Waals surface area contributed by atoms with Gasteiger partial charge in [-0.2, -0.15) is 0 Å². The van der Waals surface area contributed by atoms with Gasteiger partial charge < -0.3 is 14.6 Å². The number of nitrogens with zero attached hydrogens (tertiary/aromatic N) is 2. The average molecular weight is 302 g/mol. The molecule has 118 valence electrons. The number of aryl methyl sites for hydroxylation is 1. The van der Waals surface area contributed by atoms with Gasteiger partial charge in [0.1, 0.15) is 5.69 Å². The summed E-state index contributed by atoms with van der Waals surface area (Å²) in [7, 11) is 1.65. The van der Waals surface area contributed by atoms with Crippen LogP contribution >= 0.6 is 0 Å². The van der Waals surface area contributed by atoms with Crippen LogP contribution in [0.4, 0.5) is 0 Å². The first-order valence-corrected chi connectivity index (χ1v) is 7.52. The molecule has 1 atom stereocenters. The number of carbonyl (C=O) groups is 2. The van der Waals surface area contributed by atoms with Crippen molar-refractivity contribution in [1.29, 1.82) is 0 Å². The molecule has 0 spiro atoms. The molecule has 5 nitrogen and oxygen atoms in total. The van der Waals surface area contributed by atoms with Crippen molar-refractivity contribution >= 4 is 22.8 Å². The molecule has 1 amide bonds. The van der Waals surface area contributed by atoms with Gasteiger partial charge in [-0.15, -0.1) is 0 Å². The zero-order valence-corrected chi connectivity index (χ0v) is 13.2. The number of carbonyl (C=O) groups excluding carboxylic acids is 1. The molecule has 0 aliphatic carbocycles. The molecule has 1 N–H and O–H groups in total. The number of para-hydroxylation sites is 1. The van der Waals surface area contributed by atoms with E-state index in [1.807, 2.05) is 34.9 Å². The molecule has 0 bridgehead atoms. The van der Waals surface area contributed by atoms with Crippen molar-refractivity contribution in [3.8, 4) is 0 Å². The predicted octanol–water partition coefficient (Wildman–Crippen LogP) is 2.84. The van der Waals surface area contributed by atoms with Crippen LogP contribution in [0.5, 0.6) is 0 Å². The van der Waals surface area contributed by atoms with Gasteiger partial charge in [-0.05, 0) is 18.6 Å². The van der Waals surface area contributed by atoms with Crippen LogP contribution in [0.1, 0.15) is 30.8 Å². The number of amides is 1. The summed E-state index contributed by atoms with van der Waals surface area (Å²) in [5.41, 5.74) is 1.65. The fourth-order valence-corrected chi connectivity index (χ4v) is 2.62. The Morgan fingerprint density at radius 2 is 2.00 bits per heavy atom. The second-order valence-electron chi connectivity index (χ2n) is 5.66. The quantitative estimate of drug-likeness (QED) is 0.892. The molecular formula is C17H22N2O3. The van der Waals surface area contributed by atoms with Crippen molar-refractivity contribution in [1.82, 2.24) is 9.47 Å². The predicted molar refractivity (Wildman–Crippen MR) is 86.0 cm³/mol. The maximum atomic E-state index is 12.7. The standard InChI is InChI=1S/C17H22N2O3/c1-4-9-19-14-8-6-5-7-13(14)10-15(19)16(20)18(3)11-12(2)17(21)22/h5-8,10,12H,4,9,11H2,1-3H3,(H,21,22). The minimum Gasteiger partial charge on any atom is -0.481 e. The van der Waals surface area contributed by atoms with Crippen molar-refractivity contribution in [3.05, 3.63) is 36.0 Å². The monoisotopic (exact) mass is 302 g/mol. The molecule has 1 heterocycles. The Labute approximate surface area is 130 Å². The van der Waals surface area contributed by atoms with E-state index in [0.29, 0.717) is 5.69 Å². The minimum atomic E-state index is -0.895. The third kappa shape index (κ3) is 3.13. The average Bonchev–Trinajstić information content (AvgIpc) is 2.85. The Morgan fingerprint density at radius 3 is 2.64 bits per heavy atom. The van der Waals surface area contributed by atoms with E-state index in [9.17, 15) is 9.59 Å². The van der Waals surface area contributed by atoms with Gasteiger partial charge in [0.15, 0.2) is 0 Å². The lowest BCUT2D eigenvalue weighted by Crippen LogP contribution is -2.34. The summed E-state index contributed by atoms with van der Waals surface area (Å²) in [5.74, 6) is -1.62. The highest BCUT2D eigenvalue weighted by Crippen LogP contribution is 2.21. The van der Waals surface area contributed by atoms with E-state index in [1.165, 1.54) is 4.90 Å². The van der Waals surface area contributed by atoms with Gasteiger partial charge in [-0.1, -0.05) is 32.0 Å². The van der Waals surface area contributed by atoms with Crippen molar-refractivity contribution < 1.29 is 14.7 Å². The van der Waals surface area contributed by atoms with Gasteiger partial charge in [0, 0.05) is 31.0 Å². The molecule has 2 aromatic rings. The van der Waals surface area contributed by atoms with Crippen LogP contribution < -0.4 is 0 Å². The van der Waals surface area contributed by atoms with Gasteiger partial charge in [-0.25, -0.2) is 0 Å². The number of benzene rings is 1. The van der Waals surface area contributed by atoms with Crippen LogP contribution in [0, 0.1) is 5.92 Å². The molecule has 0 radical (unpaired) electrons. The molecule has 0 saturated heterocycles. The highest BCUT2D eigenvalue weighted by molar-refractivity contribution is 5.98. The van der Waals surface area contributed by atoms with E-state index in [2.05, 4.69) is 6.92 Å². The Kier molecular flexibility index (Phi) is 4.85. The Balaban J connectivity index is 2.34. The summed E-state index contributed by atoms with van der Waals surface area (Å²) in [4.78, 5) is 25.1. The van der Waals surface area contributed by atoms with Crippen LogP contribution in [0.3, 0.4) is 0 Å². The minimum absolute atomic E-state index is 0.141. The highest BCUT2D eigenvalue weighted by atomic mass is 16.4. The second-order valence-corrected chi connectivity index (χ2v) is 5.66. The Morgan fingerprint density at radius 1 is 1.32 bits per heavy atom. The Bertz CT molecular complexity index is 690. The first kappa shape index (κ1) is 16.1. The van der Waals surface area contributed by atoms with Gasteiger partial charge in [0.05, 0.1) is 5.92 Å². The van der Waals surface area contributed by atoms with Crippen LogP contribution in [-0.4, -0.2) is 40.0 Å². The van der Waals surface area contributed by atoms with E-state index in [0.717, 1.165) is 23.9 Å². The van der Waals surface area contributed by atoms with E-state index in [-0.39, 0.29) is 12.5 Å². The maximum absolute atomic E-state index is 12.7. The van der Waals surface area contributed by atoms with Crippen molar-refractivity contribution in [2.75, 3.05) is 13.6 Å². The van der Waals surface area contributed by atoms with Gasteiger partial charge in [-0.3, -0.25) is 9.59 Å². The molecule has 22 heavy (non-hydrogen) atoms. The molecule has 2 rings (SSSR count). The van der Waals surface area contributed by atoms with E-state index >= 15 is 0 Å². The molecule has 0 fully saturated rings. The SMILES string of the molecule is CCCn1c(C(=O)N(C)CC(C)C(=O)O)cc2ccccc21. The van der Waals surface area contributed by atoms with E-state index in [1.54, 1.807) is 14.0 Å². The van der Waals surface area contributed by atoms with Crippen molar-refractivity contribution in [2.24, 2.45) is 5.92 Å².